The highest BCUT2D eigenvalue weighted by Crippen LogP contribution is 2.33. The molecule has 7 heteroatoms. The Hall–Kier alpha value is -1.89. The highest BCUT2D eigenvalue weighted by Gasteiger charge is 2.42. The first kappa shape index (κ1) is 16.5. The number of likely N-dealkylation sites (N-methyl/N-ethyl adjacent to an activating group) is 1. The van der Waals surface area contributed by atoms with Gasteiger partial charge in [-0.15, -0.1) is 0 Å². The van der Waals surface area contributed by atoms with E-state index in [0.717, 1.165) is 17.0 Å². The van der Waals surface area contributed by atoms with Crippen LogP contribution in [0, 0.1) is 0 Å². The standard InChI is InChI=1S/C15H17F3N2O2/c1-3-19(4-2)12-9-13(21)20(14(12)22)11-7-5-6-10(8-11)15(16,17)18/h5-8,12H,3-4,9H2,1-2H3/t12-/m1/s1. The number of halogens is 3. The lowest BCUT2D eigenvalue weighted by molar-refractivity contribution is -0.137. The van der Waals surface area contributed by atoms with E-state index in [4.69, 9.17) is 0 Å². The first-order chi connectivity index (χ1) is 10.3. The fourth-order valence-corrected chi connectivity index (χ4v) is 2.66. The molecule has 0 aromatic heterocycles. The van der Waals surface area contributed by atoms with E-state index in [1.54, 1.807) is 0 Å². The number of hydrogen-bond acceptors (Lipinski definition) is 3. The first-order valence-corrected chi connectivity index (χ1v) is 7.07. The summed E-state index contributed by atoms with van der Waals surface area (Å²) in [7, 11) is 0. The summed E-state index contributed by atoms with van der Waals surface area (Å²) in [4.78, 5) is 27.2. The normalized spacial score (nSPS) is 19.4. The Kier molecular flexibility index (Phi) is 4.55. The van der Waals surface area contributed by atoms with Crippen LogP contribution in [0.3, 0.4) is 0 Å². The van der Waals surface area contributed by atoms with Crippen molar-refractivity contribution >= 4 is 17.5 Å². The second-order valence-corrected chi connectivity index (χ2v) is 5.06. The molecule has 1 heterocycles. The molecule has 1 fully saturated rings. The van der Waals surface area contributed by atoms with Gasteiger partial charge in [-0.2, -0.15) is 13.2 Å². The fourth-order valence-electron chi connectivity index (χ4n) is 2.66. The SMILES string of the molecule is CCN(CC)[C@@H]1CC(=O)N(c2cccc(C(F)(F)F)c2)C1=O. The lowest BCUT2D eigenvalue weighted by atomic mass is 10.2. The van der Waals surface area contributed by atoms with Gasteiger partial charge in [0.05, 0.1) is 23.7 Å². The molecule has 22 heavy (non-hydrogen) atoms. The number of rotatable bonds is 4. The lowest BCUT2D eigenvalue weighted by Crippen LogP contribution is -2.42. The number of benzene rings is 1. The van der Waals surface area contributed by atoms with E-state index in [1.165, 1.54) is 12.1 Å². The third kappa shape index (κ3) is 2.99. The number of nitrogens with zero attached hydrogens (tertiary/aromatic N) is 2. The molecule has 0 aliphatic carbocycles. The van der Waals surface area contributed by atoms with E-state index in [-0.39, 0.29) is 12.1 Å². The lowest BCUT2D eigenvalue weighted by Gasteiger charge is -2.24. The third-order valence-corrected chi connectivity index (χ3v) is 3.81. The summed E-state index contributed by atoms with van der Waals surface area (Å²) in [5.74, 6) is -0.936. The van der Waals surface area contributed by atoms with Crippen LogP contribution in [-0.4, -0.2) is 35.8 Å². The maximum atomic E-state index is 12.8. The molecule has 4 nitrogen and oxygen atoms in total. The molecule has 1 atom stereocenters. The smallest absolute Gasteiger partial charge is 0.292 e. The first-order valence-electron chi connectivity index (χ1n) is 7.07. The van der Waals surface area contributed by atoms with E-state index >= 15 is 0 Å². The molecule has 0 unspecified atom stereocenters. The average molecular weight is 314 g/mol. The Morgan fingerprint density at radius 1 is 1.23 bits per heavy atom. The zero-order valence-electron chi connectivity index (χ0n) is 12.4. The van der Waals surface area contributed by atoms with E-state index in [9.17, 15) is 22.8 Å². The summed E-state index contributed by atoms with van der Waals surface area (Å²) in [6, 6.07) is 3.69. The molecule has 1 aliphatic heterocycles. The van der Waals surface area contributed by atoms with Crippen LogP contribution in [0.5, 0.6) is 0 Å². The predicted octanol–water partition coefficient (Wildman–Crippen LogP) is 2.68. The van der Waals surface area contributed by atoms with Crippen LogP contribution in [-0.2, 0) is 15.8 Å². The van der Waals surface area contributed by atoms with Gasteiger partial charge in [-0.1, -0.05) is 19.9 Å². The molecular formula is C15H17F3N2O2. The van der Waals surface area contributed by atoms with Crippen molar-refractivity contribution in [3.63, 3.8) is 0 Å². The molecule has 1 aromatic rings. The minimum atomic E-state index is -4.51. The van der Waals surface area contributed by atoms with Gasteiger partial charge < -0.3 is 0 Å². The molecule has 0 saturated carbocycles. The van der Waals surface area contributed by atoms with Crippen LogP contribution in [0.2, 0.25) is 0 Å². The Bertz CT molecular complexity index is 582. The molecule has 0 radical (unpaired) electrons. The van der Waals surface area contributed by atoms with Crippen molar-refractivity contribution in [2.75, 3.05) is 18.0 Å². The maximum Gasteiger partial charge on any atom is 0.416 e. The topological polar surface area (TPSA) is 40.6 Å². The monoisotopic (exact) mass is 314 g/mol. The minimum absolute atomic E-state index is 0.00322. The number of alkyl halides is 3. The second-order valence-electron chi connectivity index (χ2n) is 5.06. The van der Waals surface area contributed by atoms with Crippen molar-refractivity contribution in [1.82, 2.24) is 4.90 Å². The average Bonchev–Trinajstić information content (AvgIpc) is 2.75. The highest BCUT2D eigenvalue weighted by molar-refractivity contribution is 6.22. The van der Waals surface area contributed by atoms with E-state index < -0.39 is 29.6 Å². The van der Waals surface area contributed by atoms with Gasteiger partial charge >= 0.3 is 6.18 Å². The van der Waals surface area contributed by atoms with Crippen molar-refractivity contribution in [2.24, 2.45) is 0 Å². The molecule has 1 aliphatic rings. The Balaban J connectivity index is 2.33. The van der Waals surface area contributed by atoms with Gasteiger partial charge in [-0.05, 0) is 31.3 Å². The Morgan fingerprint density at radius 3 is 2.41 bits per heavy atom. The minimum Gasteiger partial charge on any atom is -0.292 e. The zero-order chi connectivity index (χ0) is 16.5. The molecule has 0 bridgehead atoms. The van der Waals surface area contributed by atoms with E-state index in [0.29, 0.717) is 13.1 Å². The van der Waals surface area contributed by atoms with Crippen LogP contribution < -0.4 is 4.90 Å². The van der Waals surface area contributed by atoms with Crippen molar-refractivity contribution in [3.05, 3.63) is 29.8 Å². The number of carbonyl (C=O) groups is 2. The van der Waals surface area contributed by atoms with Crippen LogP contribution in [0.4, 0.5) is 18.9 Å². The summed E-state index contributed by atoms with van der Waals surface area (Å²) < 4.78 is 38.3. The van der Waals surface area contributed by atoms with Crippen LogP contribution in [0.25, 0.3) is 0 Å². The van der Waals surface area contributed by atoms with E-state index in [1.807, 2.05) is 18.7 Å². The summed E-state index contributed by atoms with van der Waals surface area (Å²) in [5, 5.41) is 0. The van der Waals surface area contributed by atoms with Gasteiger partial charge in [0.15, 0.2) is 0 Å². The van der Waals surface area contributed by atoms with Crippen molar-refractivity contribution in [2.45, 2.75) is 32.5 Å². The van der Waals surface area contributed by atoms with Crippen molar-refractivity contribution in [1.29, 1.82) is 0 Å². The van der Waals surface area contributed by atoms with Crippen LogP contribution in [0.15, 0.2) is 24.3 Å². The molecule has 1 aromatic carbocycles. The summed E-state index contributed by atoms with van der Waals surface area (Å²) in [6.07, 6.45) is -4.52. The highest BCUT2D eigenvalue weighted by atomic mass is 19.4. The summed E-state index contributed by atoms with van der Waals surface area (Å²) >= 11 is 0. The Labute approximate surface area is 126 Å². The van der Waals surface area contributed by atoms with Gasteiger partial charge in [0.1, 0.15) is 0 Å². The molecule has 1 saturated heterocycles. The van der Waals surface area contributed by atoms with Gasteiger partial charge in [0, 0.05) is 0 Å². The quantitative estimate of drug-likeness (QED) is 0.802. The largest absolute Gasteiger partial charge is 0.416 e. The van der Waals surface area contributed by atoms with Crippen LogP contribution >= 0.6 is 0 Å². The number of hydrogen-bond donors (Lipinski definition) is 0. The fraction of sp³-hybridized carbons (Fsp3) is 0.467. The molecule has 0 spiro atoms. The predicted molar refractivity (Wildman–Crippen MR) is 75.3 cm³/mol. The van der Waals surface area contributed by atoms with Gasteiger partial charge in [0.25, 0.3) is 5.91 Å². The van der Waals surface area contributed by atoms with Crippen molar-refractivity contribution < 1.29 is 22.8 Å². The number of anilines is 1. The molecule has 0 N–H and O–H groups in total. The second kappa shape index (κ2) is 6.08. The molecule has 2 rings (SSSR count). The maximum absolute atomic E-state index is 12.8. The van der Waals surface area contributed by atoms with Gasteiger partial charge in [-0.3, -0.25) is 14.5 Å². The van der Waals surface area contributed by atoms with Crippen molar-refractivity contribution in [3.8, 4) is 0 Å². The third-order valence-electron chi connectivity index (χ3n) is 3.81. The van der Waals surface area contributed by atoms with Gasteiger partial charge in [0.2, 0.25) is 5.91 Å². The molecule has 120 valence electrons. The van der Waals surface area contributed by atoms with Crippen LogP contribution in [0.1, 0.15) is 25.8 Å². The summed E-state index contributed by atoms with van der Waals surface area (Å²) in [6.45, 7) is 4.93. The molecule has 2 amide bonds. The Morgan fingerprint density at radius 2 is 1.86 bits per heavy atom. The number of imide groups is 1. The van der Waals surface area contributed by atoms with E-state index in [2.05, 4.69) is 0 Å². The molecular weight excluding hydrogens is 297 g/mol. The zero-order valence-corrected chi connectivity index (χ0v) is 12.4. The van der Waals surface area contributed by atoms with Gasteiger partial charge in [-0.25, -0.2) is 4.90 Å². The number of carbonyl (C=O) groups excluding carboxylic acids is 2. The number of amides is 2. The summed E-state index contributed by atoms with van der Waals surface area (Å²) in [5.41, 5.74) is -0.906.